The molecule has 10 heteroatoms. The second-order valence-corrected chi connectivity index (χ2v) is 6.78. The van der Waals surface area contributed by atoms with E-state index in [2.05, 4.69) is 46.0 Å². The summed E-state index contributed by atoms with van der Waals surface area (Å²) in [5.41, 5.74) is 0.938. The molecule has 5 rings (SSSR count). The number of piperazine rings is 1. The lowest BCUT2D eigenvalue weighted by molar-refractivity contribution is 0.630. The number of fused-ring (bicyclic) bond motifs is 1. The van der Waals surface area contributed by atoms with Gasteiger partial charge in [-0.3, -0.25) is 0 Å². The lowest BCUT2D eigenvalue weighted by atomic mass is 10.3. The molecular weight excluding hydrogens is 356 g/mol. The lowest BCUT2D eigenvalue weighted by Crippen LogP contribution is -2.47. The van der Waals surface area contributed by atoms with Crippen LogP contribution in [-0.4, -0.2) is 65.5 Å². The summed E-state index contributed by atoms with van der Waals surface area (Å²) in [5, 5.41) is 8.60. The van der Waals surface area contributed by atoms with Crippen LogP contribution in [0.25, 0.3) is 11.6 Å². The highest BCUT2D eigenvalue weighted by Crippen LogP contribution is 2.21. The van der Waals surface area contributed by atoms with Crippen molar-refractivity contribution >= 4 is 17.4 Å². The summed E-state index contributed by atoms with van der Waals surface area (Å²) in [7, 11) is 0. The zero-order valence-corrected chi connectivity index (χ0v) is 15.8. The first-order valence-electron chi connectivity index (χ1n) is 9.20. The molecule has 0 aliphatic carbocycles. The molecule has 0 radical (unpaired) electrons. The molecule has 0 unspecified atom stereocenters. The van der Waals surface area contributed by atoms with Crippen LogP contribution in [0.5, 0.6) is 0 Å². The SMILES string of the molecule is Cc1cc(N2CCN(c3cc(-n4cccn4)nc(C)n3)CC2)n2ncnc2n1. The normalized spacial score (nSPS) is 14.8. The van der Waals surface area contributed by atoms with Crippen LogP contribution >= 0.6 is 0 Å². The maximum Gasteiger partial charge on any atom is 0.254 e. The Bertz CT molecular complexity index is 1110. The monoisotopic (exact) mass is 376 g/mol. The molecule has 1 aliphatic heterocycles. The molecule has 0 saturated carbocycles. The third-order valence-electron chi connectivity index (χ3n) is 4.84. The summed E-state index contributed by atoms with van der Waals surface area (Å²) in [4.78, 5) is 22.4. The first kappa shape index (κ1) is 16.6. The van der Waals surface area contributed by atoms with E-state index in [0.717, 1.165) is 55.2 Å². The van der Waals surface area contributed by atoms with Crippen LogP contribution in [0, 0.1) is 13.8 Å². The Balaban J connectivity index is 1.38. The van der Waals surface area contributed by atoms with Crippen molar-refractivity contribution in [3.8, 4) is 5.82 Å². The molecule has 1 aliphatic rings. The van der Waals surface area contributed by atoms with Crippen LogP contribution in [0.3, 0.4) is 0 Å². The van der Waals surface area contributed by atoms with E-state index in [-0.39, 0.29) is 0 Å². The van der Waals surface area contributed by atoms with E-state index in [9.17, 15) is 0 Å². The van der Waals surface area contributed by atoms with Crippen LogP contribution in [-0.2, 0) is 0 Å². The third kappa shape index (κ3) is 2.92. The van der Waals surface area contributed by atoms with Gasteiger partial charge in [-0.25, -0.2) is 19.6 Å². The summed E-state index contributed by atoms with van der Waals surface area (Å²) < 4.78 is 3.56. The Morgan fingerprint density at radius 1 is 0.857 bits per heavy atom. The van der Waals surface area contributed by atoms with Gasteiger partial charge in [0.1, 0.15) is 23.8 Å². The quantitative estimate of drug-likeness (QED) is 0.524. The molecule has 28 heavy (non-hydrogen) atoms. The van der Waals surface area contributed by atoms with Gasteiger partial charge in [-0.05, 0) is 19.9 Å². The molecule has 1 saturated heterocycles. The first-order valence-corrected chi connectivity index (χ1v) is 9.20. The number of rotatable bonds is 3. The van der Waals surface area contributed by atoms with Crippen molar-refractivity contribution in [3.05, 3.63) is 48.4 Å². The second-order valence-electron chi connectivity index (χ2n) is 6.78. The van der Waals surface area contributed by atoms with Crippen LogP contribution in [0.2, 0.25) is 0 Å². The average Bonchev–Trinajstić information content (AvgIpc) is 3.39. The van der Waals surface area contributed by atoms with Gasteiger partial charge in [0, 0.05) is 56.4 Å². The first-order chi connectivity index (χ1) is 13.7. The lowest BCUT2D eigenvalue weighted by Gasteiger charge is -2.36. The highest BCUT2D eigenvalue weighted by molar-refractivity contribution is 5.50. The summed E-state index contributed by atoms with van der Waals surface area (Å²) in [6.07, 6.45) is 5.18. The fraction of sp³-hybridized carbons (Fsp3) is 0.333. The summed E-state index contributed by atoms with van der Waals surface area (Å²) in [6, 6.07) is 5.93. The summed E-state index contributed by atoms with van der Waals surface area (Å²) in [5.74, 6) is 4.10. The van der Waals surface area contributed by atoms with Crippen molar-refractivity contribution in [2.75, 3.05) is 36.0 Å². The van der Waals surface area contributed by atoms with Crippen molar-refractivity contribution in [1.29, 1.82) is 0 Å². The summed E-state index contributed by atoms with van der Waals surface area (Å²) in [6.45, 7) is 7.32. The Kier molecular flexibility index (Phi) is 3.89. The van der Waals surface area contributed by atoms with E-state index < -0.39 is 0 Å². The molecule has 0 aromatic carbocycles. The van der Waals surface area contributed by atoms with Crippen molar-refractivity contribution in [2.24, 2.45) is 0 Å². The Morgan fingerprint density at radius 2 is 1.64 bits per heavy atom. The minimum absolute atomic E-state index is 0.632. The van der Waals surface area contributed by atoms with E-state index in [4.69, 9.17) is 0 Å². The van der Waals surface area contributed by atoms with E-state index in [0.29, 0.717) is 5.78 Å². The van der Waals surface area contributed by atoms with Gasteiger partial charge in [-0.2, -0.15) is 19.7 Å². The van der Waals surface area contributed by atoms with Crippen LogP contribution in [0.1, 0.15) is 11.5 Å². The fourth-order valence-electron chi connectivity index (χ4n) is 3.52. The van der Waals surface area contributed by atoms with Gasteiger partial charge in [0.25, 0.3) is 5.78 Å². The largest absolute Gasteiger partial charge is 0.353 e. The van der Waals surface area contributed by atoms with Crippen LogP contribution in [0.4, 0.5) is 11.6 Å². The van der Waals surface area contributed by atoms with E-state index in [1.54, 1.807) is 21.7 Å². The number of aryl methyl sites for hydroxylation is 2. The van der Waals surface area contributed by atoms with E-state index >= 15 is 0 Å². The molecule has 1 fully saturated rings. The van der Waals surface area contributed by atoms with E-state index in [1.165, 1.54) is 0 Å². The van der Waals surface area contributed by atoms with Gasteiger partial charge >= 0.3 is 0 Å². The predicted octanol–water partition coefficient (Wildman–Crippen LogP) is 1.04. The number of hydrogen-bond acceptors (Lipinski definition) is 8. The highest BCUT2D eigenvalue weighted by atomic mass is 15.4. The predicted molar refractivity (Wildman–Crippen MR) is 104 cm³/mol. The zero-order valence-electron chi connectivity index (χ0n) is 15.8. The zero-order chi connectivity index (χ0) is 19.1. The van der Waals surface area contributed by atoms with Gasteiger partial charge in [0.05, 0.1) is 0 Å². The molecule has 4 aromatic heterocycles. The number of nitrogens with zero attached hydrogens (tertiary/aromatic N) is 10. The minimum atomic E-state index is 0.632. The van der Waals surface area contributed by atoms with Crippen molar-refractivity contribution in [2.45, 2.75) is 13.8 Å². The number of anilines is 2. The standard InChI is InChI=1S/C18H20N10/c1-13-10-17(28-18(22-13)19-12-21-28)26-8-6-25(7-9-26)15-11-16(24-14(2)23-15)27-5-3-4-20-27/h3-5,10-12H,6-9H2,1-2H3. The molecule has 0 atom stereocenters. The molecule has 10 nitrogen and oxygen atoms in total. The van der Waals surface area contributed by atoms with Gasteiger partial charge in [0.2, 0.25) is 0 Å². The molecular formula is C18H20N10. The minimum Gasteiger partial charge on any atom is -0.353 e. The van der Waals surface area contributed by atoms with Gasteiger partial charge in [-0.1, -0.05) is 0 Å². The van der Waals surface area contributed by atoms with Crippen LogP contribution < -0.4 is 9.80 Å². The molecule has 4 aromatic rings. The number of aromatic nitrogens is 8. The Labute approximate surface area is 161 Å². The highest BCUT2D eigenvalue weighted by Gasteiger charge is 2.22. The van der Waals surface area contributed by atoms with Gasteiger partial charge in [0.15, 0.2) is 5.82 Å². The molecule has 142 valence electrons. The molecule has 0 spiro atoms. The van der Waals surface area contributed by atoms with Crippen molar-refractivity contribution < 1.29 is 0 Å². The van der Waals surface area contributed by atoms with E-state index in [1.807, 2.05) is 32.2 Å². The van der Waals surface area contributed by atoms with Crippen LogP contribution in [0.15, 0.2) is 36.9 Å². The topological polar surface area (TPSA) is 93.2 Å². The third-order valence-corrected chi connectivity index (χ3v) is 4.84. The fourth-order valence-corrected chi connectivity index (χ4v) is 3.52. The summed E-state index contributed by atoms with van der Waals surface area (Å²) >= 11 is 0. The molecule has 0 amide bonds. The number of hydrogen-bond donors (Lipinski definition) is 0. The van der Waals surface area contributed by atoms with Gasteiger partial charge in [-0.15, -0.1) is 0 Å². The Morgan fingerprint density at radius 3 is 2.43 bits per heavy atom. The van der Waals surface area contributed by atoms with Crippen molar-refractivity contribution in [3.63, 3.8) is 0 Å². The molecule has 0 N–H and O–H groups in total. The van der Waals surface area contributed by atoms with Crippen molar-refractivity contribution in [1.82, 2.24) is 39.3 Å². The molecule has 0 bridgehead atoms. The smallest absolute Gasteiger partial charge is 0.254 e. The van der Waals surface area contributed by atoms with Gasteiger partial charge < -0.3 is 9.80 Å². The molecule has 5 heterocycles. The second kappa shape index (κ2) is 6.55. The Hall–Kier alpha value is -3.56. The maximum absolute atomic E-state index is 4.64. The maximum atomic E-state index is 4.64. The average molecular weight is 376 g/mol.